The number of hydrogen-bond donors (Lipinski definition) is 0. The predicted molar refractivity (Wildman–Crippen MR) is 64.1 cm³/mol. The highest BCUT2D eigenvalue weighted by Gasteiger charge is 2.33. The maximum atomic E-state index is 10.8. The van der Waals surface area contributed by atoms with Crippen LogP contribution in [0, 0.1) is 0 Å². The summed E-state index contributed by atoms with van der Waals surface area (Å²) >= 11 is 0. The lowest BCUT2D eigenvalue weighted by atomic mass is 10.0. The van der Waals surface area contributed by atoms with E-state index in [2.05, 4.69) is 4.74 Å². The molecule has 0 N–H and O–H groups in total. The summed E-state index contributed by atoms with van der Waals surface area (Å²) in [4.78, 5) is 21.7. The highest BCUT2D eigenvalue weighted by molar-refractivity contribution is 5.67. The summed E-state index contributed by atoms with van der Waals surface area (Å²) in [5.41, 5.74) is 0. The minimum atomic E-state index is -0.484. The molecule has 106 valence electrons. The Bertz CT molecular complexity index is 265. The van der Waals surface area contributed by atoms with Crippen LogP contribution in [0.4, 0.5) is 0 Å². The van der Waals surface area contributed by atoms with Crippen molar-refractivity contribution in [2.24, 2.45) is 0 Å². The first-order valence-corrected chi connectivity index (χ1v) is 5.76. The minimum Gasteiger partial charge on any atom is -0.458 e. The summed E-state index contributed by atoms with van der Waals surface area (Å²) in [7, 11) is 3.25. The second-order valence-electron chi connectivity index (χ2n) is 4.08. The van der Waals surface area contributed by atoms with Gasteiger partial charge >= 0.3 is 11.9 Å². The summed E-state index contributed by atoms with van der Waals surface area (Å²) in [6, 6.07) is 0. The first-order chi connectivity index (χ1) is 8.40. The van der Waals surface area contributed by atoms with Crippen LogP contribution in [-0.4, -0.2) is 51.1 Å². The first kappa shape index (κ1) is 16.9. The van der Waals surface area contributed by atoms with Gasteiger partial charge < -0.3 is 18.9 Å². The Morgan fingerprint density at radius 3 is 1.94 bits per heavy atom. The number of hydrogen-bond acceptors (Lipinski definition) is 6. The van der Waals surface area contributed by atoms with Crippen LogP contribution >= 0.6 is 0 Å². The van der Waals surface area contributed by atoms with Crippen molar-refractivity contribution in [3.63, 3.8) is 0 Å². The number of rotatable bonds is 2. The summed E-state index contributed by atoms with van der Waals surface area (Å²) in [5.74, 6) is -0.762. The van der Waals surface area contributed by atoms with Crippen molar-refractivity contribution >= 4 is 11.9 Å². The van der Waals surface area contributed by atoms with Gasteiger partial charge in [0, 0.05) is 34.5 Å². The van der Waals surface area contributed by atoms with Crippen LogP contribution in [-0.2, 0) is 28.5 Å². The molecule has 0 aromatic carbocycles. The maximum Gasteiger partial charge on any atom is 0.303 e. The molecule has 0 bridgehead atoms. The Morgan fingerprint density at radius 1 is 1.06 bits per heavy atom. The van der Waals surface area contributed by atoms with Gasteiger partial charge in [0.1, 0.15) is 6.10 Å². The van der Waals surface area contributed by atoms with Crippen LogP contribution in [0.5, 0.6) is 0 Å². The van der Waals surface area contributed by atoms with Crippen LogP contribution in [0.25, 0.3) is 0 Å². The lowest BCUT2D eigenvalue weighted by Crippen LogP contribution is -2.45. The summed E-state index contributed by atoms with van der Waals surface area (Å²) < 4.78 is 19.7. The molecule has 0 aliphatic carbocycles. The minimum absolute atomic E-state index is 0.0150. The SMILES string of the molecule is CC(=O)OC1COC(C)CC1OC(C)=O.COC. The Hall–Kier alpha value is -1.14. The molecule has 6 nitrogen and oxygen atoms in total. The molecule has 1 aliphatic rings. The molecule has 0 saturated carbocycles. The molecule has 0 aromatic heterocycles. The Kier molecular flexibility index (Phi) is 8.32. The third-order valence-corrected chi connectivity index (χ3v) is 2.16. The van der Waals surface area contributed by atoms with E-state index in [1.165, 1.54) is 13.8 Å². The van der Waals surface area contributed by atoms with Gasteiger partial charge in [-0.1, -0.05) is 0 Å². The molecule has 3 atom stereocenters. The van der Waals surface area contributed by atoms with Gasteiger partial charge in [0.2, 0.25) is 0 Å². The van der Waals surface area contributed by atoms with E-state index in [1.54, 1.807) is 14.2 Å². The van der Waals surface area contributed by atoms with Gasteiger partial charge in [-0.05, 0) is 6.92 Å². The van der Waals surface area contributed by atoms with Crippen LogP contribution in [0.2, 0.25) is 0 Å². The van der Waals surface area contributed by atoms with Crippen molar-refractivity contribution in [2.75, 3.05) is 20.8 Å². The zero-order valence-electron chi connectivity index (χ0n) is 11.6. The number of ether oxygens (including phenoxy) is 4. The zero-order valence-corrected chi connectivity index (χ0v) is 11.6. The number of carbonyl (C=O) groups is 2. The first-order valence-electron chi connectivity index (χ1n) is 5.76. The Balaban J connectivity index is 0.000000873. The van der Waals surface area contributed by atoms with E-state index in [1.807, 2.05) is 6.92 Å². The quantitative estimate of drug-likeness (QED) is 0.689. The third kappa shape index (κ3) is 7.24. The summed E-state index contributed by atoms with van der Waals surface area (Å²) in [6.07, 6.45) is -0.309. The van der Waals surface area contributed by atoms with E-state index in [4.69, 9.17) is 14.2 Å². The molecule has 0 radical (unpaired) electrons. The number of esters is 2. The van der Waals surface area contributed by atoms with Crippen LogP contribution in [0.1, 0.15) is 27.2 Å². The van der Waals surface area contributed by atoms with Gasteiger partial charge in [0.25, 0.3) is 0 Å². The van der Waals surface area contributed by atoms with E-state index in [-0.39, 0.29) is 18.7 Å². The fourth-order valence-corrected chi connectivity index (χ4v) is 1.57. The van der Waals surface area contributed by atoms with E-state index in [0.717, 1.165) is 0 Å². The molecule has 1 rings (SSSR count). The highest BCUT2D eigenvalue weighted by Crippen LogP contribution is 2.20. The maximum absolute atomic E-state index is 10.8. The van der Waals surface area contributed by atoms with Gasteiger partial charge in [0.05, 0.1) is 12.7 Å². The monoisotopic (exact) mass is 262 g/mol. The van der Waals surface area contributed by atoms with Crippen LogP contribution < -0.4 is 0 Å². The van der Waals surface area contributed by atoms with Crippen LogP contribution in [0.3, 0.4) is 0 Å². The predicted octanol–water partition coefficient (Wildman–Crippen LogP) is 0.921. The van der Waals surface area contributed by atoms with Gasteiger partial charge in [-0.15, -0.1) is 0 Å². The van der Waals surface area contributed by atoms with Gasteiger partial charge in [0.15, 0.2) is 6.10 Å². The molecular weight excluding hydrogens is 240 g/mol. The second-order valence-corrected chi connectivity index (χ2v) is 4.08. The lowest BCUT2D eigenvalue weighted by Gasteiger charge is -2.33. The largest absolute Gasteiger partial charge is 0.458 e. The van der Waals surface area contributed by atoms with Crippen molar-refractivity contribution < 1.29 is 28.5 Å². The third-order valence-electron chi connectivity index (χ3n) is 2.16. The van der Waals surface area contributed by atoms with E-state index < -0.39 is 18.2 Å². The van der Waals surface area contributed by atoms with Gasteiger partial charge in [-0.3, -0.25) is 9.59 Å². The van der Waals surface area contributed by atoms with E-state index >= 15 is 0 Å². The smallest absolute Gasteiger partial charge is 0.303 e. The molecule has 1 saturated heterocycles. The van der Waals surface area contributed by atoms with Crippen molar-refractivity contribution in [1.29, 1.82) is 0 Å². The molecule has 1 fully saturated rings. The Labute approximate surface area is 108 Å². The fourth-order valence-electron chi connectivity index (χ4n) is 1.57. The van der Waals surface area contributed by atoms with Crippen molar-refractivity contribution in [2.45, 2.75) is 45.5 Å². The molecular formula is C12H22O6. The van der Waals surface area contributed by atoms with Crippen molar-refractivity contribution in [3.05, 3.63) is 0 Å². The highest BCUT2D eigenvalue weighted by atomic mass is 16.6. The topological polar surface area (TPSA) is 71.1 Å². The molecule has 3 unspecified atom stereocenters. The zero-order chi connectivity index (χ0) is 14.1. The average molecular weight is 262 g/mol. The molecule has 0 amide bonds. The van der Waals surface area contributed by atoms with E-state index in [0.29, 0.717) is 6.42 Å². The normalized spacial score (nSPS) is 26.6. The van der Waals surface area contributed by atoms with Crippen LogP contribution in [0.15, 0.2) is 0 Å². The molecule has 0 aromatic rings. The van der Waals surface area contributed by atoms with Crippen molar-refractivity contribution in [3.8, 4) is 0 Å². The van der Waals surface area contributed by atoms with Gasteiger partial charge in [-0.2, -0.15) is 0 Å². The molecule has 1 heterocycles. The number of methoxy groups -OCH3 is 1. The number of carbonyl (C=O) groups excluding carboxylic acids is 2. The molecule has 0 spiro atoms. The molecule has 18 heavy (non-hydrogen) atoms. The van der Waals surface area contributed by atoms with E-state index in [9.17, 15) is 9.59 Å². The van der Waals surface area contributed by atoms with Gasteiger partial charge in [-0.25, -0.2) is 0 Å². The second kappa shape index (κ2) is 8.88. The summed E-state index contributed by atoms with van der Waals surface area (Å²) in [6.45, 7) is 4.83. The van der Waals surface area contributed by atoms with Crippen molar-refractivity contribution in [1.82, 2.24) is 0 Å². The average Bonchev–Trinajstić information content (AvgIpc) is 2.22. The Morgan fingerprint density at radius 2 is 1.50 bits per heavy atom. The summed E-state index contributed by atoms with van der Waals surface area (Å²) in [5, 5.41) is 0. The lowest BCUT2D eigenvalue weighted by molar-refractivity contribution is -0.185. The molecule has 1 aliphatic heterocycles. The molecule has 6 heteroatoms. The standard InChI is InChI=1S/C10H16O5.C2H6O/c1-6-4-9(14-7(2)11)10(5-13-6)15-8(3)12;1-3-2/h6,9-10H,4-5H2,1-3H3;1-2H3. The fraction of sp³-hybridized carbons (Fsp3) is 0.833.